The number of carbonyl (C=O) groups excluding carboxylic acids is 2. The molecule has 2 atom stereocenters. The summed E-state index contributed by atoms with van der Waals surface area (Å²) in [6.45, 7) is 7.81. The second-order valence-corrected chi connectivity index (χ2v) is 11.4. The molecule has 0 aliphatic heterocycles. The number of aryl methyl sites for hydroxylation is 2. The highest BCUT2D eigenvalue weighted by molar-refractivity contribution is 7.89. The van der Waals surface area contributed by atoms with E-state index < -0.39 is 22.0 Å². The number of sulfonamides is 1. The molecule has 0 heterocycles. The van der Waals surface area contributed by atoms with Crippen LogP contribution in [0.4, 0.5) is 0 Å². The second-order valence-electron chi connectivity index (χ2n) is 9.67. The summed E-state index contributed by atoms with van der Waals surface area (Å²) in [5, 5.41) is 0. The molecule has 0 spiro atoms. The summed E-state index contributed by atoms with van der Waals surface area (Å²) in [5.74, 6) is -1.50. The highest BCUT2D eigenvalue weighted by atomic mass is 32.2. The molecule has 0 radical (unpaired) electrons. The van der Waals surface area contributed by atoms with Gasteiger partial charge in [-0.2, -0.15) is 0 Å². The summed E-state index contributed by atoms with van der Waals surface area (Å²) in [4.78, 5) is 27.4. The predicted molar refractivity (Wildman–Crippen MR) is 154 cm³/mol. The minimum atomic E-state index is -4.02. The molecule has 0 saturated carbocycles. The zero-order valence-corrected chi connectivity index (χ0v) is 22.8. The van der Waals surface area contributed by atoms with Gasteiger partial charge in [-0.25, -0.2) is 13.1 Å². The Morgan fingerprint density at radius 3 is 1.92 bits per heavy atom. The Morgan fingerprint density at radius 1 is 0.744 bits per heavy atom. The number of ketones is 2. The van der Waals surface area contributed by atoms with Crippen LogP contribution in [0.15, 0.2) is 126 Å². The molecule has 198 valence electrons. The van der Waals surface area contributed by atoms with Crippen molar-refractivity contribution in [3.63, 3.8) is 0 Å². The highest BCUT2D eigenvalue weighted by Crippen LogP contribution is 2.33. The molecule has 4 aromatic carbocycles. The van der Waals surface area contributed by atoms with Crippen molar-refractivity contribution in [3.05, 3.63) is 149 Å². The van der Waals surface area contributed by atoms with E-state index in [0.717, 1.165) is 11.1 Å². The Hall–Kier alpha value is -4.13. The van der Waals surface area contributed by atoms with E-state index in [2.05, 4.69) is 11.3 Å². The first kappa shape index (κ1) is 27.9. The number of carbonyl (C=O) groups is 2. The first-order valence-electron chi connectivity index (χ1n) is 12.7. The fraction of sp³-hybridized carbons (Fsp3) is 0.152. The van der Waals surface area contributed by atoms with Crippen LogP contribution in [0, 0.1) is 19.8 Å². The van der Waals surface area contributed by atoms with Gasteiger partial charge >= 0.3 is 0 Å². The van der Waals surface area contributed by atoms with Gasteiger partial charge in [0.2, 0.25) is 10.0 Å². The van der Waals surface area contributed by atoms with Crippen LogP contribution in [-0.2, 0) is 10.0 Å². The third kappa shape index (κ3) is 6.85. The van der Waals surface area contributed by atoms with Crippen LogP contribution in [0.5, 0.6) is 0 Å². The van der Waals surface area contributed by atoms with Crippen molar-refractivity contribution in [1.29, 1.82) is 0 Å². The van der Waals surface area contributed by atoms with E-state index in [-0.39, 0.29) is 28.5 Å². The predicted octanol–water partition coefficient (Wildman–Crippen LogP) is 6.65. The van der Waals surface area contributed by atoms with Crippen molar-refractivity contribution in [2.24, 2.45) is 5.92 Å². The van der Waals surface area contributed by atoms with Gasteiger partial charge in [-0.15, -0.1) is 0 Å². The quantitative estimate of drug-likeness (QED) is 0.172. The minimum absolute atomic E-state index is 0.0313. The molecule has 0 saturated heterocycles. The molecule has 0 aliphatic carbocycles. The van der Waals surface area contributed by atoms with Gasteiger partial charge in [0.15, 0.2) is 11.6 Å². The van der Waals surface area contributed by atoms with E-state index in [1.165, 1.54) is 12.1 Å². The standard InChI is InChI=1S/C33H31NO4S/c1-23-17-19-29(20-18-23)39(37,38)34-31(28-16-10-11-24(2)21-28)30(33(36)27-14-8-5-9-15-27)22-25(3)32(35)26-12-6-4-7-13-26/h4-21,30-31,34H,3,22H2,1-2H3/t30-,31+/m0/s1. The maximum atomic E-state index is 14.0. The third-order valence-electron chi connectivity index (χ3n) is 6.64. The minimum Gasteiger partial charge on any atom is -0.294 e. The van der Waals surface area contributed by atoms with Gasteiger partial charge in [-0.3, -0.25) is 9.59 Å². The average molecular weight is 538 g/mol. The largest absolute Gasteiger partial charge is 0.294 e. The molecule has 0 unspecified atom stereocenters. The lowest BCUT2D eigenvalue weighted by Crippen LogP contribution is -2.37. The lowest BCUT2D eigenvalue weighted by molar-refractivity contribution is 0.0891. The summed E-state index contributed by atoms with van der Waals surface area (Å²) >= 11 is 0. The molecule has 0 bridgehead atoms. The Bertz CT molecular complexity index is 1580. The van der Waals surface area contributed by atoms with Crippen LogP contribution in [0.25, 0.3) is 0 Å². The topological polar surface area (TPSA) is 80.3 Å². The molecule has 39 heavy (non-hydrogen) atoms. The van der Waals surface area contributed by atoms with Crippen molar-refractivity contribution in [2.45, 2.75) is 31.2 Å². The van der Waals surface area contributed by atoms with Gasteiger partial charge in [-0.05, 0) is 43.5 Å². The second kappa shape index (κ2) is 12.2. The van der Waals surface area contributed by atoms with Crippen molar-refractivity contribution in [1.82, 2.24) is 4.72 Å². The van der Waals surface area contributed by atoms with Crippen LogP contribution in [0.3, 0.4) is 0 Å². The van der Waals surface area contributed by atoms with E-state index in [1.807, 2.05) is 44.2 Å². The Kier molecular flexibility index (Phi) is 8.69. The van der Waals surface area contributed by atoms with Gasteiger partial charge in [0.05, 0.1) is 10.9 Å². The summed E-state index contributed by atoms with van der Waals surface area (Å²) in [6, 6.07) is 30.4. The van der Waals surface area contributed by atoms with Crippen molar-refractivity contribution < 1.29 is 18.0 Å². The lowest BCUT2D eigenvalue weighted by atomic mass is 9.81. The van der Waals surface area contributed by atoms with Crippen LogP contribution in [-0.4, -0.2) is 20.0 Å². The highest BCUT2D eigenvalue weighted by Gasteiger charge is 2.35. The summed E-state index contributed by atoms with van der Waals surface area (Å²) in [7, 11) is -4.02. The monoisotopic (exact) mass is 537 g/mol. The smallest absolute Gasteiger partial charge is 0.241 e. The Morgan fingerprint density at radius 2 is 1.33 bits per heavy atom. The SMILES string of the molecule is C=C(C[C@H](C(=O)c1ccccc1)[C@H](NS(=O)(=O)c1ccc(C)cc1)c1cccc(C)c1)C(=O)c1ccccc1. The average Bonchev–Trinajstić information content (AvgIpc) is 2.95. The van der Waals surface area contributed by atoms with Gasteiger partial charge in [0.1, 0.15) is 0 Å². The lowest BCUT2D eigenvalue weighted by Gasteiger charge is -2.28. The van der Waals surface area contributed by atoms with Crippen LogP contribution < -0.4 is 4.72 Å². The number of allylic oxidation sites excluding steroid dienone is 1. The van der Waals surface area contributed by atoms with Gasteiger partial charge in [-0.1, -0.05) is 115 Å². The summed E-state index contributed by atoms with van der Waals surface area (Å²) in [5.41, 5.74) is 3.58. The first-order chi connectivity index (χ1) is 18.7. The van der Waals surface area contributed by atoms with E-state index in [9.17, 15) is 18.0 Å². The molecular weight excluding hydrogens is 506 g/mol. The summed E-state index contributed by atoms with van der Waals surface area (Å²) < 4.78 is 30.0. The molecule has 5 nitrogen and oxygen atoms in total. The van der Waals surface area contributed by atoms with Gasteiger partial charge in [0, 0.05) is 17.0 Å². The molecule has 1 N–H and O–H groups in total. The van der Waals surface area contributed by atoms with Crippen molar-refractivity contribution in [3.8, 4) is 0 Å². The summed E-state index contributed by atoms with van der Waals surface area (Å²) in [6.07, 6.45) is -0.0313. The van der Waals surface area contributed by atoms with Crippen LogP contribution >= 0.6 is 0 Å². The molecule has 4 aromatic rings. The van der Waals surface area contributed by atoms with E-state index in [0.29, 0.717) is 16.7 Å². The number of benzene rings is 4. The van der Waals surface area contributed by atoms with Gasteiger partial charge < -0.3 is 0 Å². The van der Waals surface area contributed by atoms with Crippen LogP contribution in [0.1, 0.15) is 49.9 Å². The van der Waals surface area contributed by atoms with E-state index in [1.54, 1.807) is 66.7 Å². The Labute approximate surface area is 230 Å². The molecule has 0 aliphatic rings. The molecule has 0 aromatic heterocycles. The number of rotatable bonds is 11. The fourth-order valence-corrected chi connectivity index (χ4v) is 5.79. The van der Waals surface area contributed by atoms with Gasteiger partial charge in [0.25, 0.3) is 0 Å². The van der Waals surface area contributed by atoms with E-state index in [4.69, 9.17) is 0 Å². The number of Topliss-reactive ketones (excluding diaryl/α,β-unsaturated/α-hetero) is 2. The van der Waals surface area contributed by atoms with Crippen LogP contribution in [0.2, 0.25) is 0 Å². The first-order valence-corrected chi connectivity index (χ1v) is 14.2. The molecule has 4 rings (SSSR count). The molecule has 0 amide bonds. The number of nitrogens with one attached hydrogen (secondary N) is 1. The zero-order chi connectivity index (χ0) is 28.0. The fourth-order valence-electron chi connectivity index (χ4n) is 4.53. The van der Waals surface area contributed by atoms with E-state index >= 15 is 0 Å². The zero-order valence-electron chi connectivity index (χ0n) is 22.0. The van der Waals surface area contributed by atoms with Crippen molar-refractivity contribution in [2.75, 3.05) is 0 Å². The number of hydrogen-bond donors (Lipinski definition) is 1. The molecular formula is C33H31NO4S. The molecule has 0 fully saturated rings. The number of hydrogen-bond acceptors (Lipinski definition) is 4. The third-order valence-corrected chi connectivity index (χ3v) is 8.09. The molecule has 6 heteroatoms. The Balaban J connectivity index is 1.80. The maximum Gasteiger partial charge on any atom is 0.241 e. The maximum absolute atomic E-state index is 14.0. The normalized spacial score (nSPS) is 12.9. The van der Waals surface area contributed by atoms with Crippen molar-refractivity contribution >= 4 is 21.6 Å².